The van der Waals surface area contributed by atoms with Gasteiger partial charge in [-0.25, -0.2) is 8.78 Å². The van der Waals surface area contributed by atoms with Crippen LogP contribution >= 0.6 is 0 Å². The molecule has 0 aromatic carbocycles. The van der Waals surface area contributed by atoms with Gasteiger partial charge in [-0.1, -0.05) is 27.4 Å². The van der Waals surface area contributed by atoms with Crippen molar-refractivity contribution in [3.63, 3.8) is 0 Å². The number of rotatable bonds is 2. The van der Waals surface area contributed by atoms with Crippen LogP contribution in [-0.4, -0.2) is 5.92 Å². The van der Waals surface area contributed by atoms with Crippen molar-refractivity contribution in [3.8, 4) is 0 Å². The molecule has 0 amide bonds. The van der Waals surface area contributed by atoms with Gasteiger partial charge in [-0.15, -0.1) is 13.2 Å². The molecule has 0 heterocycles. The van der Waals surface area contributed by atoms with Crippen LogP contribution in [0.4, 0.5) is 8.78 Å². The largest absolute Gasteiger partial charge is 0.266 e. The standard InChI is InChI=1S/C6H10F2.C2H6.C2H4/c1-4-5(2)6(3,7)8;2*1-2/h2,4H2,1,3H3;1-2H3;1-2H2. The normalized spacial score (nSPS) is 8.50. The summed E-state index contributed by atoms with van der Waals surface area (Å²) in [7, 11) is 0. The lowest BCUT2D eigenvalue weighted by molar-refractivity contribution is 0.0609. The van der Waals surface area contributed by atoms with Gasteiger partial charge in [-0.05, 0) is 12.0 Å². The Bertz CT molecular complexity index is 101. The monoisotopic (exact) mass is 178 g/mol. The molecule has 0 radical (unpaired) electrons. The maximum Gasteiger partial charge on any atom is 0.266 e. The van der Waals surface area contributed by atoms with E-state index in [1.807, 2.05) is 13.8 Å². The Morgan fingerprint density at radius 3 is 1.50 bits per heavy atom. The van der Waals surface area contributed by atoms with E-state index < -0.39 is 5.92 Å². The van der Waals surface area contributed by atoms with E-state index in [9.17, 15) is 8.78 Å². The third-order valence-electron chi connectivity index (χ3n) is 1.05. The summed E-state index contributed by atoms with van der Waals surface area (Å²) in [5.74, 6) is -2.69. The van der Waals surface area contributed by atoms with Crippen LogP contribution in [0.2, 0.25) is 0 Å². The molecule has 0 nitrogen and oxygen atoms in total. The molecule has 0 saturated carbocycles. The van der Waals surface area contributed by atoms with Gasteiger partial charge in [0.05, 0.1) is 0 Å². The first-order valence-electron chi connectivity index (χ1n) is 4.04. The lowest BCUT2D eigenvalue weighted by Gasteiger charge is -2.10. The third kappa shape index (κ3) is 12.1. The summed E-state index contributed by atoms with van der Waals surface area (Å²) in [6, 6.07) is 0. The highest BCUT2D eigenvalue weighted by Crippen LogP contribution is 2.23. The maximum absolute atomic E-state index is 12.0. The van der Waals surface area contributed by atoms with Crippen molar-refractivity contribution in [2.75, 3.05) is 0 Å². The third-order valence-corrected chi connectivity index (χ3v) is 1.05. The molecule has 0 aromatic heterocycles. The number of allylic oxidation sites excluding steroid dienone is 1. The second kappa shape index (κ2) is 10.3. The molecule has 0 atom stereocenters. The fourth-order valence-electron chi connectivity index (χ4n) is 0.310. The second-order valence-electron chi connectivity index (χ2n) is 1.85. The predicted molar refractivity (Wildman–Crippen MR) is 52.7 cm³/mol. The Morgan fingerprint density at radius 1 is 1.25 bits per heavy atom. The number of hydrogen-bond acceptors (Lipinski definition) is 0. The van der Waals surface area contributed by atoms with Gasteiger partial charge in [0.1, 0.15) is 0 Å². The van der Waals surface area contributed by atoms with Crippen molar-refractivity contribution < 1.29 is 8.78 Å². The average Bonchev–Trinajstić information content (AvgIpc) is 2.08. The maximum atomic E-state index is 12.0. The molecule has 0 rings (SSSR count). The molecule has 0 aliphatic rings. The minimum Gasteiger partial charge on any atom is -0.202 e. The van der Waals surface area contributed by atoms with Crippen LogP contribution in [0.1, 0.15) is 34.1 Å². The Kier molecular flexibility index (Phi) is 15.0. The Hall–Kier alpha value is -0.660. The van der Waals surface area contributed by atoms with Crippen molar-refractivity contribution in [2.45, 2.75) is 40.0 Å². The number of hydrogen-bond donors (Lipinski definition) is 0. The first kappa shape index (κ1) is 17.4. The van der Waals surface area contributed by atoms with Crippen LogP contribution in [0.25, 0.3) is 0 Å². The first-order chi connectivity index (χ1) is 5.48. The highest BCUT2D eigenvalue weighted by Gasteiger charge is 2.23. The van der Waals surface area contributed by atoms with Gasteiger partial charge in [-0.3, -0.25) is 0 Å². The van der Waals surface area contributed by atoms with Crippen LogP contribution in [0.5, 0.6) is 0 Å². The van der Waals surface area contributed by atoms with E-state index >= 15 is 0 Å². The molecule has 12 heavy (non-hydrogen) atoms. The van der Waals surface area contributed by atoms with E-state index in [1.165, 1.54) is 0 Å². The molecule has 0 fully saturated rings. The lowest BCUT2D eigenvalue weighted by atomic mass is 10.1. The summed E-state index contributed by atoms with van der Waals surface area (Å²) in [6.45, 7) is 15.7. The van der Waals surface area contributed by atoms with Gasteiger partial charge < -0.3 is 0 Å². The van der Waals surface area contributed by atoms with E-state index in [-0.39, 0.29) is 5.57 Å². The van der Waals surface area contributed by atoms with E-state index in [0.29, 0.717) is 6.42 Å². The zero-order valence-electron chi connectivity index (χ0n) is 8.58. The summed E-state index contributed by atoms with van der Waals surface area (Å²) in [5, 5.41) is 0. The fraction of sp³-hybridized carbons (Fsp3) is 0.600. The van der Waals surface area contributed by atoms with Crippen LogP contribution in [0, 0.1) is 0 Å². The minimum atomic E-state index is -2.69. The van der Waals surface area contributed by atoms with Crippen molar-refractivity contribution >= 4 is 0 Å². The Labute approximate surface area is 75.0 Å². The molecule has 0 aliphatic carbocycles. The molecule has 74 valence electrons. The Balaban J connectivity index is -0.000000175. The fourth-order valence-corrected chi connectivity index (χ4v) is 0.310. The molecular weight excluding hydrogens is 158 g/mol. The molecule has 0 unspecified atom stereocenters. The summed E-state index contributed by atoms with van der Waals surface area (Å²) in [4.78, 5) is 0. The predicted octanol–water partition coefficient (Wildman–Crippen LogP) is 4.44. The number of alkyl halides is 2. The SMILES string of the molecule is C=C.C=C(CC)C(C)(F)F.CC. The van der Waals surface area contributed by atoms with Crippen LogP contribution in [0.15, 0.2) is 25.3 Å². The van der Waals surface area contributed by atoms with Gasteiger partial charge in [0, 0.05) is 6.92 Å². The molecule has 0 aliphatic heterocycles. The highest BCUT2D eigenvalue weighted by molar-refractivity contribution is 5.03. The van der Waals surface area contributed by atoms with E-state index in [1.54, 1.807) is 6.92 Å². The van der Waals surface area contributed by atoms with Crippen molar-refractivity contribution in [2.24, 2.45) is 0 Å². The Morgan fingerprint density at radius 2 is 1.50 bits per heavy atom. The smallest absolute Gasteiger partial charge is 0.202 e. The molecule has 0 aromatic rings. The van der Waals surface area contributed by atoms with E-state index in [4.69, 9.17) is 0 Å². The molecule has 0 N–H and O–H groups in total. The molecular formula is C10H20F2. The number of halogens is 2. The molecule has 2 heteroatoms. The van der Waals surface area contributed by atoms with Crippen molar-refractivity contribution in [1.82, 2.24) is 0 Å². The lowest BCUT2D eigenvalue weighted by Crippen LogP contribution is -2.11. The van der Waals surface area contributed by atoms with Gasteiger partial charge in [0.15, 0.2) is 0 Å². The summed E-state index contributed by atoms with van der Waals surface area (Å²) >= 11 is 0. The quantitative estimate of drug-likeness (QED) is 0.548. The first-order valence-corrected chi connectivity index (χ1v) is 4.04. The second-order valence-corrected chi connectivity index (χ2v) is 1.85. The topological polar surface area (TPSA) is 0 Å². The van der Waals surface area contributed by atoms with E-state index in [0.717, 1.165) is 6.92 Å². The van der Waals surface area contributed by atoms with Crippen LogP contribution in [-0.2, 0) is 0 Å². The zero-order chi connectivity index (χ0) is 10.8. The van der Waals surface area contributed by atoms with Gasteiger partial charge in [0.2, 0.25) is 0 Å². The van der Waals surface area contributed by atoms with Crippen LogP contribution in [0.3, 0.4) is 0 Å². The van der Waals surface area contributed by atoms with Crippen LogP contribution < -0.4 is 0 Å². The van der Waals surface area contributed by atoms with Gasteiger partial charge >= 0.3 is 0 Å². The minimum absolute atomic E-state index is 0.00231. The van der Waals surface area contributed by atoms with Crippen molar-refractivity contribution in [1.29, 1.82) is 0 Å². The summed E-state index contributed by atoms with van der Waals surface area (Å²) in [5.41, 5.74) is -0.00231. The average molecular weight is 178 g/mol. The molecule has 0 spiro atoms. The van der Waals surface area contributed by atoms with Crippen molar-refractivity contribution in [3.05, 3.63) is 25.3 Å². The van der Waals surface area contributed by atoms with E-state index in [2.05, 4.69) is 19.7 Å². The van der Waals surface area contributed by atoms with Gasteiger partial charge in [0.25, 0.3) is 5.92 Å². The van der Waals surface area contributed by atoms with Gasteiger partial charge in [-0.2, -0.15) is 0 Å². The summed E-state index contributed by atoms with van der Waals surface area (Å²) < 4.78 is 24.0. The summed E-state index contributed by atoms with van der Waals surface area (Å²) in [6.07, 6.45) is 0.351. The molecule has 0 saturated heterocycles. The highest BCUT2D eigenvalue weighted by atomic mass is 19.3. The zero-order valence-corrected chi connectivity index (χ0v) is 8.58. The molecule has 0 bridgehead atoms.